The lowest BCUT2D eigenvalue weighted by atomic mass is 9.78. The molecule has 0 aromatic heterocycles. The monoisotopic (exact) mass is 296 g/mol. The number of carbonyl (C=O) groups excluding carboxylic acids is 1. The summed E-state index contributed by atoms with van der Waals surface area (Å²) in [6, 6.07) is 0.00866. The van der Waals surface area contributed by atoms with Gasteiger partial charge in [0.2, 0.25) is 0 Å². The molecule has 5 nitrogen and oxygen atoms in total. The van der Waals surface area contributed by atoms with Gasteiger partial charge in [-0.1, -0.05) is 33.1 Å². The summed E-state index contributed by atoms with van der Waals surface area (Å²) < 4.78 is 0. The topological polar surface area (TPSA) is 60.9 Å². The summed E-state index contributed by atoms with van der Waals surface area (Å²) in [6.45, 7) is 5.91. The summed E-state index contributed by atoms with van der Waals surface area (Å²) in [5.74, 6) is 0.230. The summed E-state index contributed by atoms with van der Waals surface area (Å²) >= 11 is 0. The third-order valence-electron chi connectivity index (χ3n) is 5.52. The van der Waals surface area contributed by atoms with Gasteiger partial charge in [0.1, 0.15) is 0 Å². The molecule has 2 amide bonds. The van der Waals surface area contributed by atoms with Crippen molar-refractivity contribution in [2.75, 3.05) is 20.1 Å². The minimum absolute atomic E-state index is 0.00866. The third-order valence-corrected chi connectivity index (χ3v) is 5.52. The molecule has 2 atom stereocenters. The number of rotatable bonds is 3. The van der Waals surface area contributed by atoms with E-state index in [0.29, 0.717) is 11.8 Å². The number of nitrogens with zero attached hydrogens (tertiary/aromatic N) is 2. The van der Waals surface area contributed by atoms with Crippen LogP contribution >= 0.6 is 0 Å². The van der Waals surface area contributed by atoms with Crippen LogP contribution in [0.4, 0.5) is 4.79 Å². The normalized spacial score (nSPS) is 28.4. The van der Waals surface area contributed by atoms with Gasteiger partial charge in [-0.05, 0) is 24.7 Å². The summed E-state index contributed by atoms with van der Waals surface area (Å²) in [7, 11) is 1.80. The first kappa shape index (κ1) is 16.1. The fourth-order valence-electron chi connectivity index (χ4n) is 3.82. The van der Waals surface area contributed by atoms with Crippen molar-refractivity contribution in [3.63, 3.8) is 0 Å². The molecule has 21 heavy (non-hydrogen) atoms. The predicted octanol–water partition coefficient (Wildman–Crippen LogP) is 2.80. The van der Waals surface area contributed by atoms with Crippen LogP contribution in [-0.4, -0.2) is 52.6 Å². The van der Waals surface area contributed by atoms with Gasteiger partial charge in [0.25, 0.3) is 0 Å². The Morgan fingerprint density at radius 2 is 1.67 bits per heavy atom. The lowest BCUT2D eigenvalue weighted by molar-refractivity contribution is -0.140. The van der Waals surface area contributed by atoms with Crippen LogP contribution in [-0.2, 0) is 4.79 Å². The number of urea groups is 1. The van der Waals surface area contributed by atoms with Crippen LogP contribution < -0.4 is 0 Å². The molecule has 120 valence electrons. The Labute approximate surface area is 127 Å². The van der Waals surface area contributed by atoms with Crippen LogP contribution in [0.5, 0.6) is 0 Å². The van der Waals surface area contributed by atoms with E-state index in [0.717, 1.165) is 45.2 Å². The zero-order chi connectivity index (χ0) is 15.6. The molecule has 0 bridgehead atoms. The summed E-state index contributed by atoms with van der Waals surface area (Å²) in [4.78, 5) is 27.7. The van der Waals surface area contributed by atoms with Gasteiger partial charge in [-0.15, -0.1) is 0 Å². The number of carboxylic acid groups (broad SMARTS) is 1. The van der Waals surface area contributed by atoms with Crippen LogP contribution in [0.3, 0.4) is 0 Å². The van der Waals surface area contributed by atoms with Gasteiger partial charge < -0.3 is 14.9 Å². The fourth-order valence-corrected chi connectivity index (χ4v) is 3.82. The van der Waals surface area contributed by atoms with E-state index in [-0.39, 0.29) is 12.5 Å². The van der Waals surface area contributed by atoms with Crippen molar-refractivity contribution in [1.29, 1.82) is 0 Å². The standard InChI is InChI=1S/C16H28N2O3/c1-12-10-18(11-13(12)2)15(21)17(3)16(9-14(19)20)7-5-4-6-8-16/h12-13H,4-11H2,1-3H3,(H,19,20). The minimum Gasteiger partial charge on any atom is -0.481 e. The lowest BCUT2D eigenvalue weighted by Crippen LogP contribution is -2.55. The number of carbonyl (C=O) groups is 2. The molecule has 1 saturated carbocycles. The van der Waals surface area contributed by atoms with E-state index in [1.54, 1.807) is 11.9 Å². The van der Waals surface area contributed by atoms with E-state index in [1.165, 1.54) is 0 Å². The van der Waals surface area contributed by atoms with Crippen molar-refractivity contribution in [3.05, 3.63) is 0 Å². The highest BCUT2D eigenvalue weighted by Gasteiger charge is 2.43. The smallest absolute Gasteiger partial charge is 0.320 e. The summed E-state index contributed by atoms with van der Waals surface area (Å²) in [5, 5.41) is 9.26. The Balaban J connectivity index is 2.12. The largest absolute Gasteiger partial charge is 0.481 e. The zero-order valence-corrected chi connectivity index (χ0v) is 13.5. The molecule has 1 aliphatic heterocycles. The van der Waals surface area contributed by atoms with Crippen molar-refractivity contribution in [3.8, 4) is 0 Å². The van der Waals surface area contributed by atoms with Gasteiger partial charge in [-0.2, -0.15) is 0 Å². The SMILES string of the molecule is CC1CN(C(=O)N(C)C2(CC(=O)O)CCCCC2)CC1C. The van der Waals surface area contributed by atoms with Gasteiger partial charge in [0, 0.05) is 20.1 Å². The molecule has 2 fully saturated rings. The van der Waals surface area contributed by atoms with E-state index in [2.05, 4.69) is 13.8 Å². The number of aliphatic carboxylic acids is 1. The van der Waals surface area contributed by atoms with Crippen LogP contribution in [0, 0.1) is 11.8 Å². The number of hydrogen-bond donors (Lipinski definition) is 1. The number of likely N-dealkylation sites (tertiary alicyclic amines) is 1. The Morgan fingerprint density at radius 3 is 2.14 bits per heavy atom. The van der Waals surface area contributed by atoms with E-state index < -0.39 is 11.5 Å². The summed E-state index contributed by atoms with van der Waals surface area (Å²) in [6.07, 6.45) is 4.84. The highest BCUT2D eigenvalue weighted by Crippen LogP contribution is 2.37. The van der Waals surface area contributed by atoms with Gasteiger partial charge in [-0.3, -0.25) is 4.79 Å². The first-order valence-corrected chi connectivity index (χ1v) is 8.10. The molecule has 0 aromatic carbocycles. The molecular weight excluding hydrogens is 268 g/mol. The second-order valence-corrected chi connectivity index (χ2v) is 7.06. The molecule has 0 spiro atoms. The Bertz CT molecular complexity index is 394. The predicted molar refractivity (Wildman–Crippen MR) is 81.1 cm³/mol. The van der Waals surface area contributed by atoms with Gasteiger partial charge in [-0.25, -0.2) is 4.79 Å². The molecule has 2 aliphatic rings. The van der Waals surface area contributed by atoms with Crippen LogP contribution in [0.2, 0.25) is 0 Å². The Hall–Kier alpha value is -1.26. The van der Waals surface area contributed by atoms with Crippen molar-refractivity contribution in [2.45, 2.75) is 57.9 Å². The molecule has 1 N–H and O–H groups in total. The molecule has 2 unspecified atom stereocenters. The molecule has 1 saturated heterocycles. The average molecular weight is 296 g/mol. The fraction of sp³-hybridized carbons (Fsp3) is 0.875. The molecule has 1 aliphatic carbocycles. The third kappa shape index (κ3) is 3.33. The van der Waals surface area contributed by atoms with Crippen molar-refractivity contribution >= 4 is 12.0 Å². The highest BCUT2D eigenvalue weighted by atomic mass is 16.4. The van der Waals surface area contributed by atoms with Crippen molar-refractivity contribution in [1.82, 2.24) is 9.80 Å². The molecule has 2 rings (SSSR count). The molecule has 0 radical (unpaired) electrons. The van der Waals surface area contributed by atoms with Gasteiger partial charge in [0.15, 0.2) is 0 Å². The number of carboxylic acids is 1. The van der Waals surface area contributed by atoms with E-state index in [4.69, 9.17) is 0 Å². The maximum absolute atomic E-state index is 12.8. The molecule has 5 heteroatoms. The average Bonchev–Trinajstić information content (AvgIpc) is 2.77. The highest BCUT2D eigenvalue weighted by molar-refractivity contribution is 5.77. The second-order valence-electron chi connectivity index (χ2n) is 7.06. The van der Waals surface area contributed by atoms with Crippen LogP contribution in [0.1, 0.15) is 52.4 Å². The maximum Gasteiger partial charge on any atom is 0.320 e. The number of hydrogen-bond acceptors (Lipinski definition) is 2. The van der Waals surface area contributed by atoms with Crippen LogP contribution in [0.25, 0.3) is 0 Å². The van der Waals surface area contributed by atoms with E-state index in [1.807, 2.05) is 4.90 Å². The second kappa shape index (κ2) is 6.24. The van der Waals surface area contributed by atoms with E-state index in [9.17, 15) is 14.7 Å². The van der Waals surface area contributed by atoms with Crippen molar-refractivity contribution < 1.29 is 14.7 Å². The minimum atomic E-state index is -0.806. The first-order valence-electron chi connectivity index (χ1n) is 8.10. The Morgan fingerprint density at radius 1 is 1.14 bits per heavy atom. The van der Waals surface area contributed by atoms with Gasteiger partial charge >= 0.3 is 12.0 Å². The quantitative estimate of drug-likeness (QED) is 0.871. The molecule has 0 aromatic rings. The lowest BCUT2D eigenvalue weighted by Gasteiger charge is -2.45. The van der Waals surface area contributed by atoms with Crippen molar-refractivity contribution in [2.24, 2.45) is 11.8 Å². The first-order chi connectivity index (χ1) is 9.85. The maximum atomic E-state index is 12.8. The Kier molecular flexibility index (Phi) is 4.79. The molecule has 1 heterocycles. The van der Waals surface area contributed by atoms with Crippen LogP contribution in [0.15, 0.2) is 0 Å². The van der Waals surface area contributed by atoms with E-state index >= 15 is 0 Å². The number of amides is 2. The summed E-state index contributed by atoms with van der Waals surface area (Å²) in [5.41, 5.74) is -0.490. The zero-order valence-electron chi connectivity index (χ0n) is 13.5. The molecular formula is C16H28N2O3. The van der Waals surface area contributed by atoms with Gasteiger partial charge in [0.05, 0.1) is 12.0 Å².